The number of rotatable bonds is 6. The summed E-state index contributed by atoms with van der Waals surface area (Å²) in [5, 5.41) is 0. The zero-order chi connectivity index (χ0) is 19.2. The first-order chi connectivity index (χ1) is 12.4. The minimum Gasteiger partial charge on any atom is -0.497 e. The van der Waals surface area contributed by atoms with E-state index >= 15 is 0 Å². The molecule has 0 saturated heterocycles. The van der Waals surface area contributed by atoms with Gasteiger partial charge < -0.3 is 20.9 Å². The normalized spacial score (nSPS) is 25.3. The van der Waals surface area contributed by atoms with Crippen LogP contribution in [0.5, 0.6) is 0 Å². The Morgan fingerprint density at radius 3 is 2.15 bits per heavy atom. The molecule has 2 aliphatic carbocycles. The number of methoxy groups -OCH3 is 2. The van der Waals surface area contributed by atoms with Gasteiger partial charge in [-0.1, -0.05) is 38.2 Å². The summed E-state index contributed by atoms with van der Waals surface area (Å²) in [6.45, 7) is 4.24. The molecule has 142 valence electrons. The molecule has 0 aromatic carbocycles. The van der Waals surface area contributed by atoms with Gasteiger partial charge >= 0.3 is 0 Å². The second-order valence-electron chi connectivity index (χ2n) is 7.06. The summed E-state index contributed by atoms with van der Waals surface area (Å²) in [5.41, 5.74) is 15.2. The minimum absolute atomic E-state index is 0.201. The smallest absolute Gasteiger partial charge is 0.115 e. The van der Waals surface area contributed by atoms with E-state index in [0.717, 1.165) is 41.9 Å². The topological polar surface area (TPSA) is 70.5 Å². The fourth-order valence-corrected chi connectivity index (χ4v) is 3.45. The van der Waals surface area contributed by atoms with Crippen LogP contribution in [0, 0.1) is 5.92 Å². The van der Waals surface area contributed by atoms with Crippen molar-refractivity contribution in [1.82, 2.24) is 0 Å². The van der Waals surface area contributed by atoms with Crippen LogP contribution in [0.4, 0.5) is 0 Å². The van der Waals surface area contributed by atoms with Crippen LogP contribution in [0.3, 0.4) is 0 Å². The Bertz CT molecular complexity index is 680. The van der Waals surface area contributed by atoms with Crippen molar-refractivity contribution < 1.29 is 9.47 Å². The second kappa shape index (κ2) is 9.06. The molecule has 26 heavy (non-hydrogen) atoms. The van der Waals surface area contributed by atoms with Crippen molar-refractivity contribution in [2.45, 2.75) is 44.7 Å². The first-order valence-electron chi connectivity index (χ1n) is 9.21. The predicted octanol–water partition coefficient (Wildman–Crippen LogP) is 3.89. The van der Waals surface area contributed by atoms with Gasteiger partial charge in [0.05, 0.1) is 19.8 Å². The molecule has 0 amide bonds. The summed E-state index contributed by atoms with van der Waals surface area (Å²) in [6, 6.07) is -0.201. The van der Waals surface area contributed by atoms with Gasteiger partial charge in [0.15, 0.2) is 0 Å². The Morgan fingerprint density at radius 1 is 0.923 bits per heavy atom. The van der Waals surface area contributed by atoms with E-state index in [2.05, 4.69) is 38.2 Å². The molecule has 0 radical (unpaired) electrons. The maximum atomic E-state index is 7.07. The molecule has 2 unspecified atom stereocenters. The Hall–Kier alpha value is -2.04. The Labute approximate surface area is 157 Å². The molecule has 0 aromatic rings. The first kappa shape index (κ1) is 20.3. The third-order valence-corrected chi connectivity index (χ3v) is 5.11. The highest BCUT2D eigenvalue weighted by atomic mass is 16.5. The lowest BCUT2D eigenvalue weighted by Gasteiger charge is -2.41. The SMILES string of the molecule is COC1=CCC=C(C(N)(/C2=C/C/C=C(/OC)C=CC2)C(N)C(C)C)C=C1. The maximum Gasteiger partial charge on any atom is 0.115 e. The Morgan fingerprint density at radius 2 is 1.54 bits per heavy atom. The van der Waals surface area contributed by atoms with Gasteiger partial charge in [-0.2, -0.15) is 0 Å². The maximum absolute atomic E-state index is 7.07. The monoisotopic (exact) mass is 356 g/mol. The fraction of sp³-hybridized carbons (Fsp3) is 0.455. The van der Waals surface area contributed by atoms with Gasteiger partial charge in [-0.05, 0) is 60.6 Å². The molecule has 2 aliphatic rings. The number of hydrogen-bond donors (Lipinski definition) is 2. The molecule has 0 bridgehead atoms. The molecule has 4 N–H and O–H groups in total. The molecular formula is C22H32N2O2. The van der Waals surface area contributed by atoms with Gasteiger partial charge in [0.25, 0.3) is 0 Å². The highest BCUT2D eigenvalue weighted by molar-refractivity contribution is 5.48. The minimum atomic E-state index is -0.732. The first-order valence-corrected chi connectivity index (χ1v) is 9.21. The van der Waals surface area contributed by atoms with Gasteiger partial charge in [-0.25, -0.2) is 0 Å². The summed E-state index contributed by atoms with van der Waals surface area (Å²) in [7, 11) is 3.37. The van der Waals surface area contributed by atoms with Crippen molar-refractivity contribution in [3.63, 3.8) is 0 Å². The van der Waals surface area contributed by atoms with Crippen LogP contribution in [0.25, 0.3) is 0 Å². The van der Waals surface area contributed by atoms with E-state index in [0.29, 0.717) is 0 Å². The van der Waals surface area contributed by atoms with Crippen molar-refractivity contribution in [1.29, 1.82) is 0 Å². The van der Waals surface area contributed by atoms with E-state index in [-0.39, 0.29) is 12.0 Å². The molecule has 4 heteroatoms. The van der Waals surface area contributed by atoms with Crippen molar-refractivity contribution in [2.75, 3.05) is 14.2 Å². The van der Waals surface area contributed by atoms with Gasteiger partial charge in [-0.15, -0.1) is 0 Å². The fourth-order valence-electron chi connectivity index (χ4n) is 3.45. The molecule has 2 atom stereocenters. The van der Waals surface area contributed by atoms with E-state index in [1.807, 2.05) is 24.3 Å². The number of ether oxygens (including phenoxy) is 2. The third-order valence-electron chi connectivity index (χ3n) is 5.11. The van der Waals surface area contributed by atoms with Crippen LogP contribution in [0.1, 0.15) is 33.1 Å². The number of hydrogen-bond acceptors (Lipinski definition) is 4. The lowest BCUT2D eigenvalue weighted by molar-refractivity contribution is 0.305. The summed E-state index contributed by atoms with van der Waals surface area (Å²) in [5.74, 6) is 1.96. The van der Waals surface area contributed by atoms with Crippen LogP contribution in [-0.4, -0.2) is 25.8 Å². The van der Waals surface area contributed by atoms with Crippen LogP contribution < -0.4 is 11.5 Å². The standard InChI is InChI=1S/C22H32N2O2/c1-16(2)21(23)22(24,18-10-7-13-20(26-4)15-14-18)17-8-5-11-19(25-3)12-6-9-17/h5,9-16,21H,6-8,23-24H2,1-4H3/b11-5?,17-9+,19-12+. The van der Waals surface area contributed by atoms with E-state index in [9.17, 15) is 0 Å². The lowest BCUT2D eigenvalue weighted by atomic mass is 9.71. The van der Waals surface area contributed by atoms with Crippen LogP contribution >= 0.6 is 0 Å². The average Bonchev–Trinajstić information content (AvgIpc) is 2.86. The summed E-state index contributed by atoms with van der Waals surface area (Å²) in [6.07, 6.45) is 18.8. The van der Waals surface area contributed by atoms with Crippen LogP contribution in [-0.2, 0) is 9.47 Å². The van der Waals surface area contributed by atoms with Crippen molar-refractivity contribution >= 4 is 0 Å². The lowest BCUT2D eigenvalue weighted by Crippen LogP contribution is -2.60. The predicted molar refractivity (Wildman–Crippen MR) is 108 cm³/mol. The highest BCUT2D eigenvalue weighted by Crippen LogP contribution is 2.35. The molecule has 0 aliphatic heterocycles. The van der Waals surface area contributed by atoms with E-state index < -0.39 is 5.54 Å². The van der Waals surface area contributed by atoms with E-state index in [1.165, 1.54) is 0 Å². The average molecular weight is 357 g/mol. The number of nitrogens with two attached hydrogens (primary N) is 2. The zero-order valence-electron chi connectivity index (χ0n) is 16.4. The zero-order valence-corrected chi connectivity index (χ0v) is 16.4. The number of allylic oxidation sites excluding steroid dienone is 7. The molecule has 2 rings (SSSR count). The van der Waals surface area contributed by atoms with E-state index in [1.54, 1.807) is 14.2 Å². The summed E-state index contributed by atoms with van der Waals surface area (Å²) < 4.78 is 10.7. The van der Waals surface area contributed by atoms with Crippen molar-refractivity contribution in [3.05, 3.63) is 71.3 Å². The molecule has 0 aromatic heterocycles. The molecular weight excluding hydrogens is 324 g/mol. The quantitative estimate of drug-likeness (QED) is 0.708. The second-order valence-corrected chi connectivity index (χ2v) is 7.06. The van der Waals surface area contributed by atoms with Gasteiger partial charge in [0.1, 0.15) is 11.5 Å². The summed E-state index contributed by atoms with van der Waals surface area (Å²) >= 11 is 0. The summed E-state index contributed by atoms with van der Waals surface area (Å²) in [4.78, 5) is 0. The van der Waals surface area contributed by atoms with Gasteiger partial charge in [0, 0.05) is 6.04 Å². The van der Waals surface area contributed by atoms with Crippen LogP contribution in [0.15, 0.2) is 71.3 Å². The molecule has 0 spiro atoms. The molecule has 0 heterocycles. The van der Waals surface area contributed by atoms with Crippen molar-refractivity contribution in [2.24, 2.45) is 17.4 Å². The molecule has 0 fully saturated rings. The van der Waals surface area contributed by atoms with Crippen molar-refractivity contribution in [3.8, 4) is 0 Å². The Balaban J connectivity index is 2.45. The molecule has 4 nitrogen and oxygen atoms in total. The largest absolute Gasteiger partial charge is 0.497 e. The van der Waals surface area contributed by atoms with Gasteiger partial charge in [-0.3, -0.25) is 0 Å². The Kier molecular flexibility index (Phi) is 7.06. The van der Waals surface area contributed by atoms with E-state index in [4.69, 9.17) is 20.9 Å². The highest BCUT2D eigenvalue weighted by Gasteiger charge is 2.40. The molecule has 0 saturated carbocycles. The van der Waals surface area contributed by atoms with Crippen LogP contribution in [0.2, 0.25) is 0 Å². The third kappa shape index (κ3) is 4.37. The van der Waals surface area contributed by atoms with Gasteiger partial charge in [0.2, 0.25) is 0 Å².